The molecule has 0 rings (SSSR count). The molecular weight excluding hydrogens is 781 g/mol. The van der Waals surface area contributed by atoms with Gasteiger partial charge in [0.2, 0.25) is 0 Å². The van der Waals surface area contributed by atoms with E-state index in [1.54, 1.807) is 0 Å². The second-order valence-electron chi connectivity index (χ2n) is 16.5. The Morgan fingerprint density at radius 3 is 1.16 bits per heavy atom. The van der Waals surface area contributed by atoms with Crippen molar-refractivity contribution in [1.82, 2.24) is 0 Å². The summed E-state index contributed by atoms with van der Waals surface area (Å²) < 4.78 is 16.7. The van der Waals surface area contributed by atoms with Gasteiger partial charge in [-0.25, -0.2) is 0 Å². The fourth-order valence-electron chi connectivity index (χ4n) is 6.52. The van der Waals surface area contributed by atoms with Gasteiger partial charge in [0.1, 0.15) is 13.2 Å². The lowest BCUT2D eigenvalue weighted by molar-refractivity contribution is -0.167. The van der Waals surface area contributed by atoms with Crippen molar-refractivity contribution in [2.24, 2.45) is 0 Å². The first-order chi connectivity index (χ1) is 31.0. The van der Waals surface area contributed by atoms with Crippen LogP contribution in [0.3, 0.4) is 0 Å². The van der Waals surface area contributed by atoms with Gasteiger partial charge in [0.05, 0.1) is 0 Å². The molecule has 0 aromatic rings. The predicted molar refractivity (Wildman–Crippen MR) is 270 cm³/mol. The second kappa shape index (κ2) is 50.7. The van der Waals surface area contributed by atoms with Gasteiger partial charge in [-0.1, -0.05) is 201 Å². The largest absolute Gasteiger partial charge is 0.462 e. The molecule has 356 valence electrons. The van der Waals surface area contributed by atoms with E-state index in [9.17, 15) is 14.4 Å². The molecule has 63 heavy (non-hydrogen) atoms. The molecule has 0 aromatic carbocycles. The van der Waals surface area contributed by atoms with Crippen LogP contribution in [0.2, 0.25) is 0 Å². The van der Waals surface area contributed by atoms with Crippen LogP contribution >= 0.6 is 0 Å². The summed E-state index contributed by atoms with van der Waals surface area (Å²) in [6, 6.07) is 0. The molecule has 0 saturated heterocycles. The molecule has 0 N–H and O–H groups in total. The van der Waals surface area contributed by atoms with Crippen LogP contribution in [0.1, 0.15) is 213 Å². The Hall–Kier alpha value is -3.93. The van der Waals surface area contributed by atoms with Gasteiger partial charge in [0, 0.05) is 19.3 Å². The van der Waals surface area contributed by atoms with E-state index in [4.69, 9.17) is 14.2 Å². The molecule has 1 unspecified atom stereocenters. The average Bonchev–Trinajstić information content (AvgIpc) is 3.28. The Labute approximate surface area is 387 Å². The van der Waals surface area contributed by atoms with Crippen molar-refractivity contribution in [3.63, 3.8) is 0 Å². The Balaban J connectivity index is 4.51. The van der Waals surface area contributed by atoms with E-state index in [1.807, 2.05) is 0 Å². The van der Waals surface area contributed by atoms with E-state index in [0.717, 1.165) is 122 Å². The van der Waals surface area contributed by atoms with Crippen molar-refractivity contribution in [3.05, 3.63) is 109 Å². The molecule has 0 amide bonds. The number of allylic oxidation sites excluding steroid dienone is 18. The highest BCUT2D eigenvalue weighted by molar-refractivity contribution is 5.71. The fraction of sp³-hybridized carbons (Fsp3) is 0.632. The van der Waals surface area contributed by atoms with Gasteiger partial charge >= 0.3 is 17.9 Å². The van der Waals surface area contributed by atoms with Crippen LogP contribution in [-0.2, 0) is 28.6 Å². The Morgan fingerprint density at radius 2 is 0.683 bits per heavy atom. The third kappa shape index (κ3) is 49.0. The van der Waals surface area contributed by atoms with Crippen molar-refractivity contribution >= 4 is 17.9 Å². The first kappa shape index (κ1) is 59.1. The van der Waals surface area contributed by atoms with E-state index in [2.05, 4.69) is 130 Å². The van der Waals surface area contributed by atoms with Crippen LogP contribution < -0.4 is 0 Å². The Kier molecular flexibility index (Phi) is 47.5. The maximum atomic E-state index is 12.8. The first-order valence-corrected chi connectivity index (χ1v) is 25.5. The zero-order valence-corrected chi connectivity index (χ0v) is 40.5. The van der Waals surface area contributed by atoms with Crippen LogP contribution in [-0.4, -0.2) is 37.2 Å². The smallest absolute Gasteiger partial charge is 0.306 e. The summed E-state index contributed by atoms with van der Waals surface area (Å²) in [4.78, 5) is 37.9. The van der Waals surface area contributed by atoms with Gasteiger partial charge < -0.3 is 14.2 Å². The molecule has 0 fully saturated rings. The SMILES string of the molecule is CC/C=C\C/C=C\C/C=C\CCCCC(=O)OCC(COC(=O)CCCCCCC\C=C/C=C\C=C/C=C\CCCCC)OC(=O)CCCCCCCC/C=C\C=C/CCCCC. The molecule has 0 aromatic heterocycles. The van der Waals surface area contributed by atoms with Gasteiger partial charge in [-0.3, -0.25) is 14.4 Å². The lowest BCUT2D eigenvalue weighted by atomic mass is 10.1. The number of carbonyl (C=O) groups excluding carboxylic acids is 3. The number of ether oxygens (including phenoxy) is 3. The Bertz CT molecular complexity index is 1330. The molecular formula is C57H92O6. The first-order valence-electron chi connectivity index (χ1n) is 25.5. The third-order valence-electron chi connectivity index (χ3n) is 10.4. The Morgan fingerprint density at radius 1 is 0.349 bits per heavy atom. The fourth-order valence-corrected chi connectivity index (χ4v) is 6.52. The summed E-state index contributed by atoms with van der Waals surface area (Å²) in [6.07, 6.45) is 67.8. The minimum atomic E-state index is -0.811. The van der Waals surface area contributed by atoms with Gasteiger partial charge in [-0.15, -0.1) is 0 Å². The lowest BCUT2D eigenvalue weighted by Gasteiger charge is -2.18. The molecule has 0 aliphatic carbocycles. The molecule has 6 heteroatoms. The highest BCUT2D eigenvalue weighted by Gasteiger charge is 2.19. The minimum absolute atomic E-state index is 0.110. The van der Waals surface area contributed by atoms with Gasteiger partial charge in [0.25, 0.3) is 0 Å². The normalized spacial score (nSPS) is 13.0. The number of hydrogen-bond donors (Lipinski definition) is 0. The molecule has 0 radical (unpaired) electrons. The predicted octanol–water partition coefficient (Wildman–Crippen LogP) is 16.8. The molecule has 1 atom stereocenters. The maximum absolute atomic E-state index is 12.8. The topological polar surface area (TPSA) is 78.9 Å². The van der Waals surface area contributed by atoms with Crippen molar-refractivity contribution in [2.75, 3.05) is 13.2 Å². The number of rotatable bonds is 44. The van der Waals surface area contributed by atoms with Crippen LogP contribution in [0.4, 0.5) is 0 Å². The van der Waals surface area contributed by atoms with Crippen molar-refractivity contribution in [1.29, 1.82) is 0 Å². The van der Waals surface area contributed by atoms with E-state index in [0.29, 0.717) is 19.3 Å². The molecule has 6 nitrogen and oxygen atoms in total. The zero-order valence-electron chi connectivity index (χ0n) is 40.5. The van der Waals surface area contributed by atoms with E-state index < -0.39 is 6.10 Å². The highest BCUT2D eigenvalue weighted by Crippen LogP contribution is 2.13. The van der Waals surface area contributed by atoms with Crippen LogP contribution in [0, 0.1) is 0 Å². The molecule has 0 saturated carbocycles. The quantitative estimate of drug-likeness (QED) is 0.0199. The zero-order chi connectivity index (χ0) is 45.8. The second-order valence-corrected chi connectivity index (χ2v) is 16.5. The van der Waals surface area contributed by atoms with E-state index >= 15 is 0 Å². The van der Waals surface area contributed by atoms with Crippen LogP contribution in [0.25, 0.3) is 0 Å². The van der Waals surface area contributed by atoms with Crippen molar-refractivity contribution in [2.45, 2.75) is 219 Å². The van der Waals surface area contributed by atoms with Gasteiger partial charge in [0.15, 0.2) is 6.10 Å². The van der Waals surface area contributed by atoms with Crippen LogP contribution in [0.15, 0.2) is 109 Å². The highest BCUT2D eigenvalue weighted by atomic mass is 16.6. The molecule has 0 spiro atoms. The minimum Gasteiger partial charge on any atom is -0.462 e. The lowest BCUT2D eigenvalue weighted by Crippen LogP contribution is -2.30. The summed E-state index contributed by atoms with van der Waals surface area (Å²) in [7, 11) is 0. The average molecular weight is 873 g/mol. The summed E-state index contributed by atoms with van der Waals surface area (Å²) in [5.41, 5.74) is 0. The molecule has 0 aliphatic rings. The maximum Gasteiger partial charge on any atom is 0.306 e. The number of esters is 3. The summed E-state index contributed by atoms with van der Waals surface area (Å²) in [5, 5.41) is 0. The number of carbonyl (C=O) groups is 3. The summed E-state index contributed by atoms with van der Waals surface area (Å²) in [5.74, 6) is -0.989. The summed E-state index contributed by atoms with van der Waals surface area (Å²) >= 11 is 0. The summed E-state index contributed by atoms with van der Waals surface area (Å²) in [6.45, 7) is 6.37. The van der Waals surface area contributed by atoms with Crippen LogP contribution in [0.5, 0.6) is 0 Å². The third-order valence-corrected chi connectivity index (χ3v) is 10.4. The van der Waals surface area contributed by atoms with E-state index in [1.165, 1.54) is 51.4 Å². The standard InChI is InChI=1S/C57H92O6/c1-4-7-10-13-16-19-22-25-27-28-29-31-32-35-38-41-44-47-50-56(59)62-53-54(52-61-55(58)49-46-43-40-37-34-24-21-18-15-12-9-6-3)63-57(60)51-48-45-42-39-36-33-30-26-23-20-17-14-11-8-5-2/h9,12,16-23,25-29,31,34,37,54H,4-8,10-11,13-15,24,30,32-33,35-36,38-53H2,1-3H3/b12-9-,19-16-,20-17-,21-18-,25-22-,26-23-,28-27-,31-29-,37-34-. The number of unbranched alkanes of at least 4 members (excludes halogenated alkanes) is 19. The molecule has 0 aliphatic heterocycles. The number of hydrogen-bond acceptors (Lipinski definition) is 6. The van der Waals surface area contributed by atoms with Gasteiger partial charge in [-0.2, -0.15) is 0 Å². The molecule has 0 bridgehead atoms. The van der Waals surface area contributed by atoms with E-state index in [-0.39, 0.29) is 31.1 Å². The van der Waals surface area contributed by atoms with Crippen molar-refractivity contribution < 1.29 is 28.6 Å². The van der Waals surface area contributed by atoms with Crippen molar-refractivity contribution in [3.8, 4) is 0 Å². The van der Waals surface area contributed by atoms with Gasteiger partial charge in [-0.05, 0) is 103 Å². The monoisotopic (exact) mass is 873 g/mol. The molecule has 0 heterocycles.